The number of amides is 1. The molecule has 0 bridgehead atoms. The van der Waals surface area contributed by atoms with Gasteiger partial charge in [0, 0.05) is 13.0 Å². The number of nitrogens with zero attached hydrogens (tertiary/aromatic N) is 3. The van der Waals surface area contributed by atoms with Crippen molar-refractivity contribution in [2.75, 3.05) is 5.32 Å². The van der Waals surface area contributed by atoms with Gasteiger partial charge in [-0.15, -0.1) is 0 Å². The normalized spacial score (nSPS) is 10.7. The first-order valence-electron chi connectivity index (χ1n) is 7.23. The molecule has 1 aromatic heterocycles. The van der Waals surface area contributed by atoms with E-state index in [0.717, 1.165) is 0 Å². The number of nitrogens with one attached hydrogen (secondary N) is 1. The molecule has 1 N–H and O–H groups in total. The molecular formula is C15H16Cl2N4O3. The minimum Gasteiger partial charge on any atom is -0.324 e. The maximum Gasteiger partial charge on any atom is 0.312 e. The molecule has 0 fully saturated rings. The molecule has 0 aliphatic heterocycles. The van der Waals surface area contributed by atoms with E-state index in [4.69, 9.17) is 23.2 Å². The fourth-order valence-corrected chi connectivity index (χ4v) is 2.87. The Hall–Kier alpha value is -2.12. The van der Waals surface area contributed by atoms with E-state index in [9.17, 15) is 14.9 Å². The Morgan fingerprint density at radius 3 is 2.50 bits per heavy atom. The average molecular weight is 371 g/mol. The smallest absolute Gasteiger partial charge is 0.312 e. The van der Waals surface area contributed by atoms with Gasteiger partial charge in [-0.3, -0.25) is 19.6 Å². The van der Waals surface area contributed by atoms with Gasteiger partial charge in [-0.1, -0.05) is 29.3 Å². The molecule has 128 valence electrons. The summed E-state index contributed by atoms with van der Waals surface area (Å²) in [6, 6.07) is 4.96. The van der Waals surface area contributed by atoms with Gasteiger partial charge in [0.25, 0.3) is 0 Å². The summed E-state index contributed by atoms with van der Waals surface area (Å²) >= 11 is 12.0. The van der Waals surface area contributed by atoms with Crippen molar-refractivity contribution in [1.29, 1.82) is 0 Å². The second kappa shape index (κ2) is 7.63. The van der Waals surface area contributed by atoms with Crippen LogP contribution in [0, 0.1) is 24.0 Å². The first-order valence-corrected chi connectivity index (χ1v) is 7.99. The SMILES string of the molecule is Cc1nn(CCCC(=O)Nc2c(Cl)cccc2Cl)c(C)c1[N+](=O)[O-]. The van der Waals surface area contributed by atoms with Crippen molar-refractivity contribution in [1.82, 2.24) is 9.78 Å². The third-order valence-electron chi connectivity index (χ3n) is 3.53. The van der Waals surface area contributed by atoms with E-state index in [0.29, 0.717) is 40.1 Å². The molecule has 2 rings (SSSR count). The molecule has 0 unspecified atom stereocenters. The van der Waals surface area contributed by atoms with E-state index in [1.807, 2.05) is 0 Å². The largest absolute Gasteiger partial charge is 0.324 e. The summed E-state index contributed by atoms with van der Waals surface area (Å²) in [4.78, 5) is 22.5. The van der Waals surface area contributed by atoms with Gasteiger partial charge >= 0.3 is 5.69 Å². The Balaban J connectivity index is 1.94. The van der Waals surface area contributed by atoms with Crippen LogP contribution in [0.1, 0.15) is 24.2 Å². The van der Waals surface area contributed by atoms with Crippen molar-refractivity contribution >= 4 is 40.5 Å². The Labute approximate surface area is 148 Å². The van der Waals surface area contributed by atoms with E-state index in [1.54, 1.807) is 36.7 Å². The molecule has 0 saturated heterocycles. The van der Waals surface area contributed by atoms with E-state index >= 15 is 0 Å². The molecule has 0 aliphatic rings. The minimum atomic E-state index is -0.444. The highest BCUT2D eigenvalue weighted by molar-refractivity contribution is 6.39. The van der Waals surface area contributed by atoms with Crippen LogP contribution in [0.5, 0.6) is 0 Å². The number of aryl methyl sites for hydroxylation is 2. The predicted molar refractivity (Wildman–Crippen MR) is 92.7 cm³/mol. The molecule has 2 aromatic rings. The van der Waals surface area contributed by atoms with Gasteiger partial charge in [0.05, 0.1) is 20.7 Å². The number of hydrogen-bond donors (Lipinski definition) is 1. The number of nitro groups is 1. The summed E-state index contributed by atoms with van der Waals surface area (Å²) in [7, 11) is 0. The Morgan fingerprint density at radius 1 is 1.33 bits per heavy atom. The molecule has 24 heavy (non-hydrogen) atoms. The summed E-state index contributed by atoms with van der Waals surface area (Å²) in [5, 5.41) is 18.5. The molecule has 0 radical (unpaired) electrons. The van der Waals surface area contributed by atoms with Crippen molar-refractivity contribution in [3.8, 4) is 0 Å². The maximum atomic E-state index is 12.0. The van der Waals surface area contributed by atoms with E-state index < -0.39 is 4.92 Å². The Bertz CT molecular complexity index is 769. The Morgan fingerprint density at radius 2 is 1.96 bits per heavy atom. The number of hydrogen-bond acceptors (Lipinski definition) is 4. The molecule has 1 heterocycles. The van der Waals surface area contributed by atoms with Crippen molar-refractivity contribution < 1.29 is 9.72 Å². The van der Waals surface area contributed by atoms with E-state index in [2.05, 4.69) is 10.4 Å². The van der Waals surface area contributed by atoms with Crippen LogP contribution >= 0.6 is 23.2 Å². The van der Waals surface area contributed by atoms with Gasteiger partial charge in [-0.05, 0) is 32.4 Å². The standard InChI is InChI=1S/C15H16Cl2N4O3/c1-9-15(21(23)24)10(2)20(19-9)8-4-7-13(22)18-14-11(16)5-3-6-12(14)17/h3,5-6H,4,7-8H2,1-2H3,(H,18,22). The number of carbonyl (C=O) groups is 1. The molecule has 7 nitrogen and oxygen atoms in total. The maximum absolute atomic E-state index is 12.0. The highest BCUT2D eigenvalue weighted by atomic mass is 35.5. The minimum absolute atomic E-state index is 0.0160. The Kier molecular flexibility index (Phi) is 5.80. The van der Waals surface area contributed by atoms with Gasteiger partial charge in [0.1, 0.15) is 11.4 Å². The van der Waals surface area contributed by atoms with Crippen LogP contribution in [0.2, 0.25) is 10.0 Å². The third kappa shape index (κ3) is 4.04. The molecule has 1 amide bonds. The first-order chi connectivity index (χ1) is 11.3. The topological polar surface area (TPSA) is 90.1 Å². The zero-order valence-electron chi connectivity index (χ0n) is 13.2. The summed E-state index contributed by atoms with van der Waals surface area (Å²) in [6.45, 7) is 3.64. The molecule has 0 saturated carbocycles. The summed E-state index contributed by atoms with van der Waals surface area (Å²) in [6.07, 6.45) is 0.695. The zero-order chi connectivity index (χ0) is 17.9. The third-order valence-corrected chi connectivity index (χ3v) is 4.16. The second-order valence-corrected chi connectivity index (χ2v) is 6.06. The van der Waals surface area contributed by atoms with Crippen molar-refractivity contribution in [3.05, 3.63) is 49.7 Å². The van der Waals surface area contributed by atoms with Gasteiger partial charge < -0.3 is 5.32 Å². The highest BCUT2D eigenvalue weighted by Crippen LogP contribution is 2.30. The van der Waals surface area contributed by atoms with E-state index in [1.165, 1.54) is 0 Å². The lowest BCUT2D eigenvalue weighted by atomic mass is 10.2. The lowest BCUT2D eigenvalue weighted by Gasteiger charge is -2.09. The zero-order valence-corrected chi connectivity index (χ0v) is 14.7. The summed E-state index contributed by atoms with van der Waals surface area (Å²) in [5.41, 5.74) is 1.24. The van der Waals surface area contributed by atoms with Crippen LogP contribution < -0.4 is 5.32 Å². The number of aromatic nitrogens is 2. The van der Waals surface area contributed by atoms with Crippen molar-refractivity contribution in [2.45, 2.75) is 33.2 Å². The van der Waals surface area contributed by atoms with Crippen LogP contribution in [0.25, 0.3) is 0 Å². The van der Waals surface area contributed by atoms with Crippen LogP contribution in [0.3, 0.4) is 0 Å². The molecule has 9 heteroatoms. The number of rotatable bonds is 6. The number of benzene rings is 1. The number of para-hydroxylation sites is 1. The number of halogens is 2. The fourth-order valence-electron chi connectivity index (χ4n) is 2.38. The van der Waals surface area contributed by atoms with Gasteiger partial charge in [0.2, 0.25) is 5.91 Å². The summed E-state index contributed by atoms with van der Waals surface area (Å²) in [5.74, 6) is -0.235. The quantitative estimate of drug-likeness (QED) is 0.611. The second-order valence-electron chi connectivity index (χ2n) is 5.25. The lowest BCUT2D eigenvalue weighted by molar-refractivity contribution is -0.386. The summed E-state index contributed by atoms with van der Waals surface area (Å²) < 4.78 is 1.54. The van der Waals surface area contributed by atoms with Crippen LogP contribution in [0.15, 0.2) is 18.2 Å². The van der Waals surface area contributed by atoms with Crippen LogP contribution in [-0.2, 0) is 11.3 Å². The molecule has 1 aromatic carbocycles. The van der Waals surface area contributed by atoms with Crippen LogP contribution in [0.4, 0.5) is 11.4 Å². The first kappa shape index (κ1) is 18.2. The number of anilines is 1. The average Bonchev–Trinajstić information content (AvgIpc) is 2.77. The molecule has 0 aliphatic carbocycles. The van der Waals surface area contributed by atoms with Gasteiger partial charge in [-0.2, -0.15) is 5.10 Å². The van der Waals surface area contributed by atoms with E-state index in [-0.39, 0.29) is 18.0 Å². The number of carbonyl (C=O) groups excluding carboxylic acids is 1. The monoisotopic (exact) mass is 370 g/mol. The predicted octanol–water partition coefficient (Wildman–Crippen LogP) is 4.13. The molecule has 0 spiro atoms. The fraction of sp³-hybridized carbons (Fsp3) is 0.333. The highest BCUT2D eigenvalue weighted by Gasteiger charge is 2.21. The van der Waals surface area contributed by atoms with Crippen LogP contribution in [-0.4, -0.2) is 20.6 Å². The van der Waals surface area contributed by atoms with Gasteiger partial charge in [-0.25, -0.2) is 0 Å². The molecular weight excluding hydrogens is 355 g/mol. The van der Waals surface area contributed by atoms with Gasteiger partial charge in [0.15, 0.2) is 0 Å². The lowest BCUT2D eigenvalue weighted by Crippen LogP contribution is -2.13. The van der Waals surface area contributed by atoms with Crippen molar-refractivity contribution in [2.24, 2.45) is 0 Å². The molecule has 0 atom stereocenters. The van der Waals surface area contributed by atoms with Crippen molar-refractivity contribution in [3.63, 3.8) is 0 Å².